The molecule has 0 heterocycles. The molecule has 0 radical (unpaired) electrons. The molecule has 0 bridgehead atoms. The number of carbonyl (C=O) groups excluding carboxylic acids is 1. The van der Waals surface area contributed by atoms with Crippen LogP contribution in [-0.2, 0) is 20.8 Å². The monoisotopic (exact) mass is 303 g/mol. The molecule has 0 atom stereocenters. The van der Waals surface area contributed by atoms with Crippen LogP contribution in [-0.4, -0.2) is 44.8 Å². The molecule has 0 spiro atoms. The SMILES string of the molecule is COCCN(CCC(=O)OC)Cc1ccc(F)cc1Cl. The second-order valence-electron chi connectivity index (χ2n) is 4.33. The minimum Gasteiger partial charge on any atom is -0.469 e. The smallest absolute Gasteiger partial charge is 0.306 e. The molecule has 0 aliphatic carbocycles. The van der Waals surface area contributed by atoms with Crippen LogP contribution >= 0.6 is 11.6 Å². The Morgan fingerprint density at radius 1 is 1.35 bits per heavy atom. The minimum absolute atomic E-state index is 0.266. The first-order chi connectivity index (χ1) is 9.56. The normalized spacial score (nSPS) is 10.8. The fourth-order valence-corrected chi connectivity index (χ4v) is 1.96. The predicted molar refractivity (Wildman–Crippen MR) is 75.2 cm³/mol. The molecule has 1 aromatic rings. The highest BCUT2D eigenvalue weighted by Gasteiger charge is 2.11. The molecule has 1 rings (SSSR count). The molecule has 1 aromatic carbocycles. The van der Waals surface area contributed by atoms with E-state index >= 15 is 0 Å². The van der Waals surface area contributed by atoms with Gasteiger partial charge in [-0.15, -0.1) is 0 Å². The van der Waals surface area contributed by atoms with Crippen molar-refractivity contribution in [2.45, 2.75) is 13.0 Å². The Labute approximate surface area is 123 Å². The molecule has 0 amide bonds. The van der Waals surface area contributed by atoms with Gasteiger partial charge in [-0.3, -0.25) is 9.69 Å². The van der Waals surface area contributed by atoms with E-state index in [1.807, 2.05) is 4.90 Å². The van der Waals surface area contributed by atoms with Gasteiger partial charge in [0, 0.05) is 31.8 Å². The number of hydrogen-bond acceptors (Lipinski definition) is 4. The van der Waals surface area contributed by atoms with Gasteiger partial charge in [0.1, 0.15) is 5.82 Å². The predicted octanol–water partition coefficient (Wildman–Crippen LogP) is 2.49. The summed E-state index contributed by atoms with van der Waals surface area (Å²) in [7, 11) is 2.97. The van der Waals surface area contributed by atoms with E-state index in [4.69, 9.17) is 16.3 Å². The zero-order chi connectivity index (χ0) is 15.0. The second-order valence-corrected chi connectivity index (χ2v) is 4.74. The molecule has 6 heteroatoms. The van der Waals surface area contributed by atoms with Crippen molar-refractivity contribution in [2.75, 3.05) is 33.9 Å². The van der Waals surface area contributed by atoms with Crippen LogP contribution in [0.3, 0.4) is 0 Å². The number of esters is 1. The third-order valence-electron chi connectivity index (χ3n) is 2.88. The lowest BCUT2D eigenvalue weighted by molar-refractivity contribution is -0.141. The third-order valence-corrected chi connectivity index (χ3v) is 3.23. The van der Waals surface area contributed by atoms with Gasteiger partial charge in [0.15, 0.2) is 0 Å². The number of methoxy groups -OCH3 is 2. The lowest BCUT2D eigenvalue weighted by atomic mass is 10.2. The Morgan fingerprint density at radius 2 is 2.10 bits per heavy atom. The maximum atomic E-state index is 13.0. The number of hydrogen-bond donors (Lipinski definition) is 0. The average molecular weight is 304 g/mol. The van der Waals surface area contributed by atoms with Crippen LogP contribution in [0, 0.1) is 5.82 Å². The molecular formula is C14H19ClFNO3. The van der Waals surface area contributed by atoms with E-state index in [9.17, 15) is 9.18 Å². The van der Waals surface area contributed by atoms with Crippen molar-refractivity contribution in [3.63, 3.8) is 0 Å². The summed E-state index contributed by atoms with van der Waals surface area (Å²) >= 11 is 6.01. The van der Waals surface area contributed by atoms with Crippen LogP contribution in [0.1, 0.15) is 12.0 Å². The Balaban J connectivity index is 2.65. The summed E-state index contributed by atoms with van der Waals surface area (Å²) in [6.45, 7) is 2.25. The summed E-state index contributed by atoms with van der Waals surface area (Å²) < 4.78 is 22.7. The van der Waals surface area contributed by atoms with E-state index in [2.05, 4.69) is 4.74 Å². The highest BCUT2D eigenvalue weighted by Crippen LogP contribution is 2.19. The molecule has 20 heavy (non-hydrogen) atoms. The number of nitrogens with zero attached hydrogens (tertiary/aromatic N) is 1. The van der Waals surface area contributed by atoms with Gasteiger partial charge in [0.2, 0.25) is 0 Å². The third kappa shape index (κ3) is 5.86. The maximum absolute atomic E-state index is 13.0. The van der Waals surface area contributed by atoms with Crippen LogP contribution in [0.2, 0.25) is 5.02 Å². The number of rotatable bonds is 8. The summed E-state index contributed by atoms with van der Waals surface area (Å²) in [6.07, 6.45) is 0.291. The number of benzene rings is 1. The molecule has 0 saturated heterocycles. The zero-order valence-electron chi connectivity index (χ0n) is 11.7. The standard InChI is InChI=1S/C14H19ClFNO3/c1-19-8-7-17(6-5-14(18)20-2)10-11-3-4-12(16)9-13(11)15/h3-4,9H,5-8,10H2,1-2H3. The van der Waals surface area contributed by atoms with Crippen molar-refractivity contribution in [3.8, 4) is 0 Å². The summed E-state index contributed by atoms with van der Waals surface area (Å²) in [4.78, 5) is 13.2. The van der Waals surface area contributed by atoms with E-state index in [1.165, 1.54) is 19.2 Å². The molecular weight excluding hydrogens is 285 g/mol. The maximum Gasteiger partial charge on any atom is 0.306 e. The Bertz CT molecular complexity index is 442. The van der Waals surface area contributed by atoms with Gasteiger partial charge in [-0.1, -0.05) is 17.7 Å². The van der Waals surface area contributed by atoms with Gasteiger partial charge < -0.3 is 9.47 Å². The van der Waals surface area contributed by atoms with Crippen molar-refractivity contribution in [3.05, 3.63) is 34.6 Å². The summed E-state index contributed by atoms with van der Waals surface area (Å²) in [6, 6.07) is 4.30. The van der Waals surface area contributed by atoms with Gasteiger partial charge in [-0.25, -0.2) is 4.39 Å². The van der Waals surface area contributed by atoms with Gasteiger partial charge in [-0.05, 0) is 17.7 Å². The van der Waals surface area contributed by atoms with Crippen molar-refractivity contribution in [1.82, 2.24) is 4.90 Å². The van der Waals surface area contributed by atoms with Crippen LogP contribution in [0.15, 0.2) is 18.2 Å². The minimum atomic E-state index is -0.364. The summed E-state index contributed by atoms with van der Waals surface area (Å²) in [5.74, 6) is -0.630. The molecule has 0 aliphatic rings. The lowest BCUT2D eigenvalue weighted by Gasteiger charge is -2.22. The zero-order valence-corrected chi connectivity index (χ0v) is 12.5. The molecule has 0 aromatic heterocycles. The highest BCUT2D eigenvalue weighted by molar-refractivity contribution is 6.31. The molecule has 0 aliphatic heterocycles. The van der Waals surface area contributed by atoms with E-state index in [-0.39, 0.29) is 11.8 Å². The summed E-state index contributed by atoms with van der Waals surface area (Å²) in [5, 5.41) is 0.380. The largest absolute Gasteiger partial charge is 0.469 e. The summed E-state index contributed by atoms with van der Waals surface area (Å²) in [5.41, 5.74) is 0.814. The van der Waals surface area contributed by atoms with E-state index < -0.39 is 0 Å². The highest BCUT2D eigenvalue weighted by atomic mass is 35.5. The fourth-order valence-electron chi connectivity index (χ4n) is 1.73. The molecule has 0 saturated carbocycles. The molecule has 0 N–H and O–H groups in total. The first-order valence-corrected chi connectivity index (χ1v) is 6.66. The van der Waals surface area contributed by atoms with Crippen molar-refractivity contribution < 1.29 is 18.7 Å². The van der Waals surface area contributed by atoms with E-state index in [1.54, 1.807) is 13.2 Å². The molecule has 4 nitrogen and oxygen atoms in total. The van der Waals surface area contributed by atoms with Gasteiger partial charge >= 0.3 is 5.97 Å². The van der Waals surface area contributed by atoms with Crippen molar-refractivity contribution >= 4 is 17.6 Å². The Morgan fingerprint density at radius 3 is 2.70 bits per heavy atom. The lowest BCUT2D eigenvalue weighted by Crippen LogP contribution is -2.29. The Hall–Kier alpha value is -1.17. The number of halogens is 2. The van der Waals surface area contributed by atoms with Crippen molar-refractivity contribution in [2.24, 2.45) is 0 Å². The quantitative estimate of drug-likeness (QED) is 0.692. The van der Waals surface area contributed by atoms with Crippen LogP contribution in [0.25, 0.3) is 0 Å². The molecule has 0 unspecified atom stereocenters. The van der Waals surface area contributed by atoms with E-state index in [0.29, 0.717) is 37.7 Å². The van der Waals surface area contributed by atoms with Crippen LogP contribution in [0.4, 0.5) is 4.39 Å². The second kappa shape index (κ2) is 8.89. The van der Waals surface area contributed by atoms with Crippen molar-refractivity contribution in [1.29, 1.82) is 0 Å². The van der Waals surface area contributed by atoms with Gasteiger partial charge in [-0.2, -0.15) is 0 Å². The Kier molecular flexibility index (Phi) is 7.51. The number of ether oxygens (including phenoxy) is 2. The van der Waals surface area contributed by atoms with Crippen LogP contribution in [0.5, 0.6) is 0 Å². The average Bonchev–Trinajstić information content (AvgIpc) is 2.43. The van der Waals surface area contributed by atoms with Gasteiger partial charge in [0.05, 0.1) is 20.1 Å². The van der Waals surface area contributed by atoms with Crippen LogP contribution < -0.4 is 0 Å². The topological polar surface area (TPSA) is 38.8 Å². The molecule has 112 valence electrons. The number of carbonyl (C=O) groups is 1. The van der Waals surface area contributed by atoms with E-state index in [0.717, 1.165) is 5.56 Å². The fraction of sp³-hybridized carbons (Fsp3) is 0.500. The molecule has 0 fully saturated rings. The first-order valence-electron chi connectivity index (χ1n) is 6.29. The first kappa shape index (κ1) is 16.9. The van der Waals surface area contributed by atoms with Gasteiger partial charge in [0.25, 0.3) is 0 Å².